The first-order chi connectivity index (χ1) is 8.17. The van der Waals surface area contributed by atoms with E-state index in [1.54, 1.807) is 11.3 Å². The summed E-state index contributed by atoms with van der Waals surface area (Å²) < 4.78 is 6.06. The van der Waals surface area contributed by atoms with Crippen molar-refractivity contribution in [1.82, 2.24) is 10.1 Å². The molecule has 0 aromatic carbocycles. The lowest BCUT2D eigenvalue weighted by Crippen LogP contribution is -2.21. The molecule has 2 heterocycles. The molecule has 92 valence electrons. The minimum atomic E-state index is 0.785. The molecule has 0 fully saturated rings. The molecule has 5 heteroatoms. The van der Waals surface area contributed by atoms with Gasteiger partial charge in [-0.2, -0.15) is 0 Å². The Morgan fingerprint density at radius 3 is 2.76 bits per heavy atom. The molecule has 0 bridgehead atoms. The van der Waals surface area contributed by atoms with E-state index in [2.05, 4.69) is 23.0 Å². The van der Waals surface area contributed by atoms with Gasteiger partial charge in [-0.25, -0.2) is 0 Å². The lowest BCUT2D eigenvalue weighted by atomic mass is 10.3. The van der Waals surface area contributed by atoms with Crippen LogP contribution in [-0.4, -0.2) is 16.6 Å². The van der Waals surface area contributed by atoms with Crippen molar-refractivity contribution >= 4 is 22.9 Å². The fourth-order valence-electron chi connectivity index (χ4n) is 1.65. The van der Waals surface area contributed by atoms with Crippen molar-refractivity contribution in [3.63, 3.8) is 0 Å². The predicted octanol–water partition coefficient (Wildman–Crippen LogP) is 3.72. The zero-order valence-corrected chi connectivity index (χ0v) is 11.5. The van der Waals surface area contributed by atoms with Crippen molar-refractivity contribution in [1.29, 1.82) is 0 Å². The first kappa shape index (κ1) is 12.6. The molecule has 0 saturated carbocycles. The Morgan fingerprint density at radius 2 is 2.24 bits per heavy atom. The summed E-state index contributed by atoms with van der Waals surface area (Å²) in [5.41, 5.74) is 0.926. The lowest BCUT2D eigenvalue weighted by Gasteiger charge is -2.17. The van der Waals surface area contributed by atoms with Crippen LogP contribution < -0.4 is 0 Å². The third-order valence-corrected chi connectivity index (χ3v) is 3.73. The van der Waals surface area contributed by atoms with Crippen molar-refractivity contribution in [2.24, 2.45) is 0 Å². The first-order valence-corrected chi connectivity index (χ1v) is 6.75. The molecule has 0 spiro atoms. The quantitative estimate of drug-likeness (QED) is 0.829. The van der Waals surface area contributed by atoms with Crippen LogP contribution in [0.25, 0.3) is 0 Å². The number of aryl methyl sites for hydroxylation is 1. The highest BCUT2D eigenvalue weighted by atomic mass is 35.5. The van der Waals surface area contributed by atoms with Crippen LogP contribution in [0.1, 0.15) is 23.3 Å². The summed E-state index contributed by atoms with van der Waals surface area (Å²) in [7, 11) is 0. The molecule has 0 aliphatic carbocycles. The molecule has 0 unspecified atom stereocenters. The number of hydrogen-bond acceptors (Lipinski definition) is 4. The van der Waals surface area contributed by atoms with Crippen LogP contribution in [0.15, 0.2) is 22.7 Å². The minimum absolute atomic E-state index is 0.785. The van der Waals surface area contributed by atoms with Crippen LogP contribution >= 0.6 is 22.9 Å². The molecule has 2 rings (SSSR count). The third-order valence-electron chi connectivity index (χ3n) is 2.51. The summed E-state index contributed by atoms with van der Waals surface area (Å²) in [5.74, 6) is 0.909. The zero-order chi connectivity index (χ0) is 12.3. The second kappa shape index (κ2) is 5.67. The van der Waals surface area contributed by atoms with Gasteiger partial charge in [0.15, 0.2) is 5.76 Å². The summed E-state index contributed by atoms with van der Waals surface area (Å²) in [4.78, 5) is 3.57. The summed E-state index contributed by atoms with van der Waals surface area (Å²) in [5, 5.41) is 3.89. The van der Waals surface area contributed by atoms with Gasteiger partial charge in [-0.1, -0.05) is 23.7 Å². The van der Waals surface area contributed by atoms with E-state index in [4.69, 9.17) is 16.1 Å². The summed E-state index contributed by atoms with van der Waals surface area (Å²) in [6.07, 6.45) is 0. The van der Waals surface area contributed by atoms with E-state index in [0.29, 0.717) is 0 Å². The van der Waals surface area contributed by atoms with E-state index in [1.807, 2.05) is 19.1 Å². The number of thiophene rings is 1. The minimum Gasteiger partial charge on any atom is -0.360 e. The van der Waals surface area contributed by atoms with E-state index in [9.17, 15) is 0 Å². The molecular formula is C12H15ClN2OS. The van der Waals surface area contributed by atoms with Crippen molar-refractivity contribution in [2.45, 2.75) is 26.9 Å². The van der Waals surface area contributed by atoms with Gasteiger partial charge in [-0.05, 0) is 25.6 Å². The second-order valence-electron chi connectivity index (χ2n) is 3.94. The average Bonchev–Trinajstić information content (AvgIpc) is 2.87. The Balaban J connectivity index is 1.97. The monoisotopic (exact) mass is 270 g/mol. The molecule has 0 radical (unpaired) electrons. The maximum Gasteiger partial charge on any atom is 0.150 e. The van der Waals surface area contributed by atoms with E-state index in [1.165, 1.54) is 4.88 Å². The number of halogens is 1. The number of aromatic nitrogens is 1. The Labute approximate surface area is 110 Å². The molecule has 2 aromatic rings. The van der Waals surface area contributed by atoms with Gasteiger partial charge < -0.3 is 4.52 Å². The largest absolute Gasteiger partial charge is 0.360 e. The van der Waals surface area contributed by atoms with Crippen molar-refractivity contribution in [2.75, 3.05) is 6.54 Å². The van der Waals surface area contributed by atoms with Gasteiger partial charge in [0, 0.05) is 17.5 Å². The molecule has 0 amide bonds. The standard InChI is InChI=1S/C12H15ClN2OS/c1-3-15(7-10-6-9(2)14-16-10)8-11-4-5-12(13)17-11/h4-6H,3,7-8H2,1-2H3. The predicted molar refractivity (Wildman–Crippen MR) is 70.4 cm³/mol. The molecule has 0 N–H and O–H groups in total. The number of hydrogen-bond donors (Lipinski definition) is 0. The van der Waals surface area contributed by atoms with Crippen molar-refractivity contribution in [3.05, 3.63) is 38.9 Å². The maximum atomic E-state index is 5.92. The fraction of sp³-hybridized carbons (Fsp3) is 0.417. The summed E-state index contributed by atoms with van der Waals surface area (Å²) in [6, 6.07) is 5.99. The van der Waals surface area contributed by atoms with Gasteiger partial charge in [0.05, 0.1) is 16.6 Å². The normalized spacial score (nSPS) is 11.3. The molecule has 0 atom stereocenters. The summed E-state index contributed by atoms with van der Waals surface area (Å²) in [6.45, 7) is 6.72. The van der Waals surface area contributed by atoms with Gasteiger partial charge in [0.25, 0.3) is 0 Å². The van der Waals surface area contributed by atoms with Crippen LogP contribution in [0, 0.1) is 6.92 Å². The number of nitrogens with zero attached hydrogens (tertiary/aromatic N) is 2. The Morgan fingerprint density at radius 1 is 1.41 bits per heavy atom. The zero-order valence-electron chi connectivity index (χ0n) is 9.94. The lowest BCUT2D eigenvalue weighted by molar-refractivity contribution is 0.235. The second-order valence-corrected chi connectivity index (χ2v) is 5.74. The summed E-state index contributed by atoms with van der Waals surface area (Å²) >= 11 is 7.55. The highest BCUT2D eigenvalue weighted by Crippen LogP contribution is 2.23. The molecule has 0 aliphatic rings. The highest BCUT2D eigenvalue weighted by Gasteiger charge is 2.09. The van der Waals surface area contributed by atoms with E-state index in [0.717, 1.165) is 35.4 Å². The van der Waals surface area contributed by atoms with Gasteiger partial charge in [0.2, 0.25) is 0 Å². The first-order valence-electron chi connectivity index (χ1n) is 5.56. The average molecular weight is 271 g/mol. The van der Waals surface area contributed by atoms with Crippen LogP contribution in [-0.2, 0) is 13.1 Å². The van der Waals surface area contributed by atoms with E-state index >= 15 is 0 Å². The molecule has 0 aliphatic heterocycles. The van der Waals surface area contributed by atoms with Gasteiger partial charge in [-0.15, -0.1) is 11.3 Å². The van der Waals surface area contributed by atoms with E-state index in [-0.39, 0.29) is 0 Å². The van der Waals surface area contributed by atoms with Gasteiger partial charge in [0.1, 0.15) is 0 Å². The van der Waals surface area contributed by atoms with Gasteiger partial charge >= 0.3 is 0 Å². The maximum absolute atomic E-state index is 5.92. The van der Waals surface area contributed by atoms with Crippen LogP contribution in [0.3, 0.4) is 0 Å². The SMILES string of the molecule is CCN(Cc1cc(C)no1)Cc1ccc(Cl)s1. The molecule has 2 aromatic heterocycles. The highest BCUT2D eigenvalue weighted by molar-refractivity contribution is 7.16. The fourth-order valence-corrected chi connectivity index (χ4v) is 2.78. The number of rotatable bonds is 5. The molecule has 17 heavy (non-hydrogen) atoms. The third kappa shape index (κ3) is 3.56. The molecular weight excluding hydrogens is 256 g/mol. The Kier molecular flexibility index (Phi) is 4.20. The Bertz CT molecular complexity index is 438. The van der Waals surface area contributed by atoms with Crippen LogP contribution in [0.2, 0.25) is 4.34 Å². The van der Waals surface area contributed by atoms with E-state index < -0.39 is 0 Å². The smallest absolute Gasteiger partial charge is 0.150 e. The van der Waals surface area contributed by atoms with Crippen LogP contribution in [0.4, 0.5) is 0 Å². The van der Waals surface area contributed by atoms with Crippen molar-refractivity contribution < 1.29 is 4.52 Å². The Hall–Kier alpha value is -0.840. The topological polar surface area (TPSA) is 29.3 Å². The van der Waals surface area contributed by atoms with Gasteiger partial charge in [-0.3, -0.25) is 4.90 Å². The van der Waals surface area contributed by atoms with Crippen LogP contribution in [0.5, 0.6) is 0 Å². The van der Waals surface area contributed by atoms with Crippen molar-refractivity contribution in [3.8, 4) is 0 Å². The molecule has 3 nitrogen and oxygen atoms in total. The molecule has 0 saturated heterocycles.